The normalized spacial score (nSPS) is 17.1. The standard InChI is InChI=1S/C9H18F3NO/c1-7(2)8(3,14)6-13-5-4-9(10,11)12/h7,13-14H,4-6H2,1-3H3. The molecule has 0 aromatic heterocycles. The van der Waals surface area contributed by atoms with Crippen molar-refractivity contribution in [3.8, 4) is 0 Å². The first kappa shape index (κ1) is 13.7. The van der Waals surface area contributed by atoms with E-state index in [1.807, 2.05) is 13.8 Å². The Morgan fingerprint density at radius 1 is 1.29 bits per heavy atom. The molecule has 1 atom stereocenters. The molecule has 0 aliphatic rings. The van der Waals surface area contributed by atoms with Crippen molar-refractivity contribution in [2.75, 3.05) is 13.1 Å². The second-order valence-corrected chi connectivity index (χ2v) is 4.05. The molecule has 0 saturated carbocycles. The lowest BCUT2D eigenvalue weighted by Crippen LogP contribution is -2.43. The molecule has 0 fully saturated rings. The smallest absolute Gasteiger partial charge is 0.389 e. The van der Waals surface area contributed by atoms with Gasteiger partial charge in [0.25, 0.3) is 0 Å². The summed E-state index contributed by atoms with van der Waals surface area (Å²) in [4.78, 5) is 0. The molecule has 14 heavy (non-hydrogen) atoms. The topological polar surface area (TPSA) is 32.3 Å². The van der Waals surface area contributed by atoms with Crippen LogP contribution in [0.2, 0.25) is 0 Å². The van der Waals surface area contributed by atoms with Gasteiger partial charge in [0.2, 0.25) is 0 Å². The zero-order valence-corrected chi connectivity index (χ0v) is 8.78. The van der Waals surface area contributed by atoms with Gasteiger partial charge in [-0.15, -0.1) is 0 Å². The number of rotatable bonds is 5. The zero-order chi connectivity index (χ0) is 11.4. The van der Waals surface area contributed by atoms with E-state index < -0.39 is 18.2 Å². The first-order valence-electron chi connectivity index (χ1n) is 4.65. The zero-order valence-electron chi connectivity index (χ0n) is 8.78. The highest BCUT2D eigenvalue weighted by Gasteiger charge is 2.28. The summed E-state index contributed by atoms with van der Waals surface area (Å²) in [6, 6.07) is 0. The van der Waals surface area contributed by atoms with Crippen LogP contribution in [0, 0.1) is 5.92 Å². The Balaban J connectivity index is 3.65. The lowest BCUT2D eigenvalue weighted by molar-refractivity contribution is -0.134. The van der Waals surface area contributed by atoms with Crippen molar-refractivity contribution in [3.05, 3.63) is 0 Å². The van der Waals surface area contributed by atoms with Crippen LogP contribution in [0.25, 0.3) is 0 Å². The Morgan fingerprint density at radius 3 is 2.14 bits per heavy atom. The molecular weight excluding hydrogens is 195 g/mol. The third-order valence-corrected chi connectivity index (χ3v) is 2.31. The summed E-state index contributed by atoms with van der Waals surface area (Å²) in [5.74, 6) is 0.0147. The van der Waals surface area contributed by atoms with Gasteiger partial charge in [-0.05, 0) is 12.8 Å². The van der Waals surface area contributed by atoms with E-state index >= 15 is 0 Å². The van der Waals surface area contributed by atoms with Crippen molar-refractivity contribution in [2.45, 2.75) is 39.0 Å². The summed E-state index contributed by atoms with van der Waals surface area (Å²) in [5.41, 5.74) is -0.953. The van der Waals surface area contributed by atoms with E-state index in [0.29, 0.717) is 0 Å². The monoisotopic (exact) mass is 213 g/mol. The van der Waals surface area contributed by atoms with Gasteiger partial charge in [0.15, 0.2) is 0 Å². The Bertz CT molecular complexity index is 166. The van der Waals surface area contributed by atoms with Crippen LogP contribution in [-0.4, -0.2) is 30.0 Å². The molecule has 1 unspecified atom stereocenters. The lowest BCUT2D eigenvalue weighted by atomic mass is 9.92. The largest absolute Gasteiger partial charge is 0.390 e. The number of hydrogen-bond acceptors (Lipinski definition) is 2. The molecule has 2 N–H and O–H groups in total. The predicted octanol–water partition coefficient (Wildman–Crippen LogP) is 1.94. The number of alkyl halides is 3. The molecule has 0 aromatic carbocycles. The van der Waals surface area contributed by atoms with Crippen molar-refractivity contribution in [2.24, 2.45) is 5.92 Å². The van der Waals surface area contributed by atoms with Gasteiger partial charge in [-0.2, -0.15) is 13.2 Å². The average molecular weight is 213 g/mol. The van der Waals surface area contributed by atoms with E-state index in [1.54, 1.807) is 6.92 Å². The van der Waals surface area contributed by atoms with E-state index in [1.165, 1.54) is 0 Å². The Morgan fingerprint density at radius 2 is 1.79 bits per heavy atom. The van der Waals surface area contributed by atoms with Crippen LogP contribution >= 0.6 is 0 Å². The lowest BCUT2D eigenvalue weighted by Gasteiger charge is -2.28. The first-order chi connectivity index (χ1) is 6.15. The number of nitrogens with one attached hydrogen (secondary N) is 1. The quantitative estimate of drug-likeness (QED) is 0.684. The predicted molar refractivity (Wildman–Crippen MR) is 49.0 cm³/mol. The van der Waals surface area contributed by atoms with Gasteiger partial charge >= 0.3 is 6.18 Å². The third kappa shape index (κ3) is 6.21. The van der Waals surface area contributed by atoms with Crippen LogP contribution in [0.4, 0.5) is 13.2 Å². The summed E-state index contributed by atoms with van der Waals surface area (Å²) < 4.78 is 35.2. The molecule has 0 heterocycles. The molecule has 0 rings (SSSR count). The van der Waals surface area contributed by atoms with E-state index in [0.717, 1.165) is 0 Å². The Hall–Kier alpha value is -0.290. The van der Waals surface area contributed by atoms with Gasteiger partial charge in [0, 0.05) is 13.1 Å². The Labute approximate surface area is 82.5 Å². The van der Waals surface area contributed by atoms with Crippen LogP contribution in [0.3, 0.4) is 0 Å². The molecule has 0 amide bonds. The number of hydrogen-bond donors (Lipinski definition) is 2. The molecule has 0 aliphatic heterocycles. The summed E-state index contributed by atoms with van der Waals surface area (Å²) in [6.45, 7) is 5.29. The Kier molecular flexibility index (Phi) is 4.88. The molecule has 86 valence electrons. The number of aliphatic hydroxyl groups is 1. The molecule has 0 aliphatic carbocycles. The minimum absolute atomic E-state index is 0.0147. The molecule has 0 saturated heterocycles. The van der Waals surface area contributed by atoms with Crippen LogP contribution in [0.5, 0.6) is 0 Å². The summed E-state index contributed by atoms with van der Waals surface area (Å²) in [7, 11) is 0. The summed E-state index contributed by atoms with van der Waals surface area (Å²) in [6.07, 6.45) is -4.99. The molecule has 0 radical (unpaired) electrons. The van der Waals surface area contributed by atoms with Crippen molar-refractivity contribution in [1.82, 2.24) is 5.32 Å². The van der Waals surface area contributed by atoms with E-state index in [9.17, 15) is 18.3 Å². The average Bonchev–Trinajstić information content (AvgIpc) is 1.96. The highest BCUT2D eigenvalue weighted by molar-refractivity contribution is 4.78. The first-order valence-corrected chi connectivity index (χ1v) is 4.65. The van der Waals surface area contributed by atoms with E-state index in [4.69, 9.17) is 0 Å². The highest BCUT2D eigenvalue weighted by Crippen LogP contribution is 2.19. The van der Waals surface area contributed by atoms with Crippen molar-refractivity contribution < 1.29 is 18.3 Å². The summed E-state index contributed by atoms with van der Waals surface area (Å²) >= 11 is 0. The molecule has 0 aromatic rings. The van der Waals surface area contributed by atoms with Crippen LogP contribution in [-0.2, 0) is 0 Å². The van der Waals surface area contributed by atoms with Crippen molar-refractivity contribution in [3.63, 3.8) is 0 Å². The fraction of sp³-hybridized carbons (Fsp3) is 1.00. The van der Waals surface area contributed by atoms with Gasteiger partial charge in [0.05, 0.1) is 12.0 Å². The third-order valence-electron chi connectivity index (χ3n) is 2.31. The fourth-order valence-electron chi connectivity index (χ4n) is 0.776. The van der Waals surface area contributed by atoms with Crippen LogP contribution < -0.4 is 5.32 Å². The second kappa shape index (κ2) is 4.98. The fourth-order valence-corrected chi connectivity index (χ4v) is 0.776. The van der Waals surface area contributed by atoms with E-state index in [2.05, 4.69) is 5.32 Å². The second-order valence-electron chi connectivity index (χ2n) is 4.05. The van der Waals surface area contributed by atoms with Crippen LogP contribution in [0.1, 0.15) is 27.2 Å². The molecule has 5 heteroatoms. The van der Waals surface area contributed by atoms with Gasteiger partial charge in [0.1, 0.15) is 0 Å². The van der Waals surface area contributed by atoms with Crippen LogP contribution in [0.15, 0.2) is 0 Å². The van der Waals surface area contributed by atoms with Gasteiger partial charge in [-0.25, -0.2) is 0 Å². The molecular formula is C9H18F3NO. The molecule has 0 spiro atoms. The maximum Gasteiger partial charge on any atom is 0.390 e. The van der Waals surface area contributed by atoms with Gasteiger partial charge in [-0.1, -0.05) is 13.8 Å². The minimum Gasteiger partial charge on any atom is -0.389 e. The summed E-state index contributed by atoms with van der Waals surface area (Å²) in [5, 5.41) is 12.3. The van der Waals surface area contributed by atoms with Gasteiger partial charge < -0.3 is 10.4 Å². The van der Waals surface area contributed by atoms with Gasteiger partial charge in [-0.3, -0.25) is 0 Å². The number of halogens is 3. The van der Waals surface area contributed by atoms with E-state index in [-0.39, 0.29) is 19.0 Å². The van der Waals surface area contributed by atoms with Crippen molar-refractivity contribution >= 4 is 0 Å². The SMILES string of the molecule is CC(C)C(C)(O)CNCCC(F)(F)F. The van der Waals surface area contributed by atoms with Crippen molar-refractivity contribution in [1.29, 1.82) is 0 Å². The maximum absolute atomic E-state index is 11.7. The molecule has 2 nitrogen and oxygen atoms in total. The maximum atomic E-state index is 11.7. The molecule has 0 bridgehead atoms. The highest BCUT2D eigenvalue weighted by atomic mass is 19.4. The minimum atomic E-state index is -4.13.